The lowest BCUT2D eigenvalue weighted by Crippen LogP contribution is -2.75. The molecule has 1 amide bonds. The first-order chi connectivity index (χ1) is 29.5. The molecule has 12 nitrogen and oxygen atoms in total. The van der Waals surface area contributed by atoms with Gasteiger partial charge in [0.15, 0.2) is 11.3 Å². The molecule has 6 heterocycles. The van der Waals surface area contributed by atoms with E-state index in [-0.39, 0.29) is 6.42 Å². The van der Waals surface area contributed by atoms with Crippen molar-refractivity contribution in [3.05, 3.63) is 107 Å². The Bertz CT molecular complexity index is 3060. The van der Waals surface area contributed by atoms with Gasteiger partial charge in [0.05, 0.1) is 24.0 Å². The van der Waals surface area contributed by atoms with Crippen molar-refractivity contribution in [3.63, 3.8) is 0 Å². The zero-order chi connectivity index (χ0) is 42.4. The van der Waals surface area contributed by atoms with E-state index in [2.05, 4.69) is 94.1 Å². The quantitative estimate of drug-likeness (QED) is 0.0742. The van der Waals surface area contributed by atoms with E-state index in [0.717, 1.165) is 104 Å². The average Bonchev–Trinajstić information content (AvgIpc) is 3.85. The minimum Gasteiger partial charge on any atom is -0.648 e. The summed E-state index contributed by atoms with van der Waals surface area (Å²) in [5, 5.41) is 6.69. The summed E-state index contributed by atoms with van der Waals surface area (Å²) in [6, 6.07) is 26.4. The number of benzene rings is 4. The van der Waals surface area contributed by atoms with Gasteiger partial charge < -0.3 is 32.9 Å². The molecule has 1 unspecified atom stereocenters. The second-order valence-corrected chi connectivity index (χ2v) is 20.2. The SMILES string of the molecule is CCSc1ccc2c(c1)C1=Nc3c4ccc(SCC)cc4c4n3[B-]3(Oc5ccc(C[C@H](NC(=O)OC(C)(C)C)C(=O)OC)cc5)n5c(c6cc(SCC)ccc6c5=N4)=NC2=[N+]13. The van der Waals surface area contributed by atoms with Crippen LogP contribution in [0.3, 0.4) is 0 Å². The number of nitrogens with zero attached hydrogens (tertiary/aromatic N) is 6. The number of thioether (sulfide) groups is 3. The number of aromatic nitrogens is 2. The molecule has 10 rings (SSSR count). The molecule has 4 aliphatic rings. The Labute approximate surface area is 365 Å². The molecule has 0 saturated carbocycles. The van der Waals surface area contributed by atoms with Crippen LogP contribution < -0.4 is 20.9 Å². The number of methoxy groups -OCH3 is 1. The zero-order valence-corrected chi connectivity index (χ0v) is 37.4. The van der Waals surface area contributed by atoms with Crippen LogP contribution in [0.5, 0.6) is 5.75 Å². The molecular weight excluding hydrogens is 826 g/mol. The summed E-state index contributed by atoms with van der Waals surface area (Å²) in [6.07, 6.45) is -0.516. The molecule has 61 heavy (non-hydrogen) atoms. The molecule has 6 aromatic rings. The largest absolute Gasteiger partial charge is 0.648 e. The topological polar surface area (TPSA) is 124 Å². The molecule has 2 atom stereocenters. The van der Waals surface area contributed by atoms with Crippen molar-refractivity contribution in [2.45, 2.75) is 74.3 Å². The smallest absolute Gasteiger partial charge is 0.568 e. The number of aliphatic imine (C=N–C) groups is 1. The lowest BCUT2D eigenvalue weighted by Gasteiger charge is -2.47. The number of carbonyl (C=O) groups excluding carboxylic acids is 2. The normalized spacial score (nSPS) is 17.0. The van der Waals surface area contributed by atoms with Gasteiger partial charge in [-0.05, 0) is 110 Å². The first-order valence-electron chi connectivity index (χ1n) is 20.6. The number of carbonyl (C=O) groups is 2. The summed E-state index contributed by atoms with van der Waals surface area (Å²) < 4.78 is 24.8. The third-order valence-electron chi connectivity index (χ3n) is 11.2. The maximum Gasteiger partial charge on any atom is 0.568 e. The maximum absolute atomic E-state index is 12.9. The summed E-state index contributed by atoms with van der Waals surface area (Å²) in [5.41, 5.74) is 3.62. The van der Waals surface area contributed by atoms with Crippen molar-refractivity contribution in [3.8, 4) is 5.75 Å². The van der Waals surface area contributed by atoms with Gasteiger partial charge in [0.2, 0.25) is 11.7 Å². The van der Waals surface area contributed by atoms with Crippen LogP contribution in [0.2, 0.25) is 0 Å². The van der Waals surface area contributed by atoms with Crippen molar-refractivity contribution < 1.29 is 28.2 Å². The van der Waals surface area contributed by atoms with E-state index in [4.69, 9.17) is 29.1 Å². The van der Waals surface area contributed by atoms with E-state index in [1.807, 2.05) is 24.3 Å². The van der Waals surface area contributed by atoms with Crippen molar-refractivity contribution in [2.24, 2.45) is 15.0 Å². The van der Waals surface area contributed by atoms with Gasteiger partial charge in [-0.15, -0.1) is 35.3 Å². The molecule has 4 aliphatic heterocycles. The summed E-state index contributed by atoms with van der Waals surface area (Å²) in [7, 11) is 1.30. The molecule has 0 radical (unpaired) electrons. The van der Waals surface area contributed by atoms with Gasteiger partial charge in [-0.25, -0.2) is 14.6 Å². The maximum atomic E-state index is 12.9. The molecular formula is C45H44BN7O5S3. The summed E-state index contributed by atoms with van der Waals surface area (Å²) in [4.78, 5) is 45.7. The van der Waals surface area contributed by atoms with Crippen molar-refractivity contribution >= 4 is 99.0 Å². The van der Waals surface area contributed by atoms with Crippen molar-refractivity contribution in [1.82, 2.24) is 14.3 Å². The van der Waals surface area contributed by atoms with Crippen LogP contribution >= 0.6 is 35.3 Å². The number of fused-ring (bicyclic) bond motifs is 9. The van der Waals surface area contributed by atoms with Crippen molar-refractivity contribution in [1.29, 1.82) is 0 Å². The van der Waals surface area contributed by atoms with Gasteiger partial charge in [0.1, 0.15) is 22.9 Å². The van der Waals surface area contributed by atoms with Crippen LogP contribution in [-0.2, 0) is 20.7 Å². The Balaban J connectivity index is 1.20. The Morgan fingerprint density at radius 3 is 2.03 bits per heavy atom. The number of ether oxygens (including phenoxy) is 2. The van der Waals surface area contributed by atoms with Crippen LogP contribution in [0, 0.1) is 0 Å². The van der Waals surface area contributed by atoms with Gasteiger partial charge >= 0.3 is 18.8 Å². The van der Waals surface area contributed by atoms with Gasteiger partial charge in [0.25, 0.3) is 0 Å². The lowest BCUT2D eigenvalue weighted by atomic mass is 9.75. The predicted molar refractivity (Wildman–Crippen MR) is 245 cm³/mol. The number of hydrogen-bond donors (Lipinski definition) is 1. The standard InChI is InChI=1S/C45H44BN7O5S3/c1-8-59-27-15-18-30-33(22-27)40-48-38-31-19-16-28(60-9-2)23-34(31)42-50-39-32-20-17-29(61-10-3)24-35(32)41-49-37(30)51(40)46(52(38)42,53(39)41)58-26-13-11-25(12-14-26)21-36(43(54)56-7)47-44(55)57-45(4,5)6/h11-20,22-24,36H,8-10,21H2,1-7H3,(H,47,55)/t36-/m0/s1. The highest BCUT2D eigenvalue weighted by Gasteiger charge is 2.59. The molecule has 0 bridgehead atoms. The highest BCUT2D eigenvalue weighted by molar-refractivity contribution is 7.99. The van der Waals surface area contributed by atoms with Crippen LogP contribution in [0.25, 0.3) is 21.5 Å². The van der Waals surface area contributed by atoms with E-state index in [1.165, 1.54) is 7.11 Å². The highest BCUT2D eigenvalue weighted by atomic mass is 32.2. The molecule has 0 spiro atoms. The van der Waals surface area contributed by atoms with Crippen molar-refractivity contribution in [2.75, 3.05) is 24.4 Å². The summed E-state index contributed by atoms with van der Waals surface area (Å²) in [6.45, 7) is 9.34. The van der Waals surface area contributed by atoms with E-state index >= 15 is 0 Å². The third-order valence-corrected chi connectivity index (χ3v) is 13.8. The predicted octanol–water partition coefficient (Wildman–Crippen LogP) is 8.21. The number of amides is 1. The Morgan fingerprint density at radius 1 is 0.738 bits per heavy atom. The second-order valence-electron chi connectivity index (χ2n) is 16.2. The minimum atomic E-state index is -2.46. The van der Waals surface area contributed by atoms with E-state index in [0.29, 0.717) is 5.75 Å². The number of alkyl carbamates (subject to hydrolysis) is 1. The Kier molecular flexibility index (Phi) is 9.68. The molecule has 16 heteroatoms. The minimum absolute atomic E-state index is 0.180. The first-order valence-corrected chi connectivity index (χ1v) is 23.5. The summed E-state index contributed by atoms with van der Waals surface area (Å²) >= 11 is 5.39. The van der Waals surface area contributed by atoms with Crippen LogP contribution in [0.15, 0.2) is 109 Å². The molecule has 1 N–H and O–H groups in total. The first kappa shape index (κ1) is 39.7. The molecule has 0 fully saturated rings. The molecule has 0 aliphatic carbocycles. The van der Waals surface area contributed by atoms with E-state index in [9.17, 15) is 9.59 Å². The number of nitrogens with one attached hydrogen (secondary N) is 1. The van der Waals surface area contributed by atoms with Gasteiger partial charge in [-0.2, -0.15) is 0 Å². The lowest BCUT2D eigenvalue weighted by molar-refractivity contribution is -0.291. The fourth-order valence-electron chi connectivity index (χ4n) is 8.91. The number of esters is 1. The fraction of sp³-hybridized carbons (Fsp3) is 0.289. The average molecular weight is 870 g/mol. The molecule has 310 valence electrons. The highest BCUT2D eigenvalue weighted by Crippen LogP contribution is 2.48. The van der Waals surface area contributed by atoms with Crippen LogP contribution in [0.1, 0.15) is 58.2 Å². The Morgan fingerprint density at radius 2 is 1.36 bits per heavy atom. The van der Waals surface area contributed by atoms with Gasteiger partial charge in [0, 0.05) is 42.7 Å². The summed E-state index contributed by atoms with van der Waals surface area (Å²) in [5.74, 6) is 5.95. The van der Waals surface area contributed by atoms with E-state index in [1.54, 1.807) is 56.1 Å². The number of hydrogen-bond acceptors (Lipinski definition) is 11. The van der Waals surface area contributed by atoms with Gasteiger partial charge in [-0.1, -0.05) is 42.9 Å². The Hall–Kier alpha value is -5.45. The molecule has 0 saturated heterocycles. The number of amidine groups is 2. The fourth-order valence-corrected chi connectivity index (χ4v) is 11.0. The molecule has 2 aromatic heterocycles. The zero-order valence-electron chi connectivity index (χ0n) is 34.9. The van der Waals surface area contributed by atoms with E-state index < -0.39 is 30.5 Å². The monoisotopic (exact) mass is 869 g/mol. The molecule has 4 aromatic carbocycles. The van der Waals surface area contributed by atoms with Gasteiger partial charge in [-0.3, -0.25) is 0 Å². The van der Waals surface area contributed by atoms with Crippen LogP contribution in [-0.4, -0.2) is 79.9 Å². The number of rotatable bonds is 12. The van der Waals surface area contributed by atoms with Crippen LogP contribution in [0.4, 0.5) is 16.4 Å². The second kappa shape index (κ2) is 14.9. The third kappa shape index (κ3) is 6.31.